The predicted octanol–water partition coefficient (Wildman–Crippen LogP) is 17.7. The number of hydrogen-bond acceptors (Lipinski definition) is 11. The average Bonchev–Trinajstić information content (AvgIpc) is 3.53. The molecule has 6 unspecified atom stereocenters. The highest BCUT2D eigenvalue weighted by Gasteiger charge is 2.50. The Hall–Kier alpha value is -3.84. The molecule has 1 saturated heterocycles. The van der Waals surface area contributed by atoms with Crippen molar-refractivity contribution >= 4 is 23.9 Å². The van der Waals surface area contributed by atoms with Gasteiger partial charge in [-0.1, -0.05) is 254 Å². The van der Waals surface area contributed by atoms with Crippen molar-refractivity contribution in [2.45, 2.75) is 327 Å². The Labute approximate surface area is 493 Å². The van der Waals surface area contributed by atoms with Gasteiger partial charge in [-0.25, -0.2) is 4.79 Å². The molecule has 12 heteroatoms. The van der Waals surface area contributed by atoms with Crippen LogP contribution in [0, 0.1) is 0 Å². The molecule has 1 fully saturated rings. The Kier molecular flexibility index (Phi) is 52.6. The van der Waals surface area contributed by atoms with E-state index in [4.69, 9.17) is 23.7 Å². The monoisotopic (exact) mass is 1140 g/mol. The summed E-state index contributed by atoms with van der Waals surface area (Å²) in [6.45, 7) is 5.87. The number of allylic oxidation sites excluding steroid dienone is 12. The summed E-state index contributed by atoms with van der Waals surface area (Å²) in [5.74, 6) is -3.14. The number of esters is 3. The Balaban J connectivity index is 2.67. The number of unbranched alkanes of at least 4 members (excludes halogenated alkanes) is 30. The first-order valence-corrected chi connectivity index (χ1v) is 32.9. The SMILES string of the molecule is CC/C=C\C/C=C\C/C=C\C/C=C\CCCCCCCCC(=O)OCC(COC1OC(C(=O)O)C(O)C(O)C1OC(=O)CCCCCCC/C=C\C/C=C\CCCCC)OC(=O)CCCCCCCCCCCCCCCCCCC. The minimum atomic E-state index is -1.91. The van der Waals surface area contributed by atoms with Gasteiger partial charge in [0.05, 0.1) is 6.61 Å². The van der Waals surface area contributed by atoms with Gasteiger partial charge < -0.3 is 39.0 Å². The zero-order chi connectivity index (χ0) is 58.9. The zero-order valence-corrected chi connectivity index (χ0v) is 51.5. The van der Waals surface area contributed by atoms with Crippen LogP contribution < -0.4 is 0 Å². The first-order chi connectivity index (χ1) is 39.6. The topological polar surface area (TPSA) is 175 Å². The van der Waals surface area contributed by atoms with Gasteiger partial charge in [0, 0.05) is 19.3 Å². The molecule has 3 N–H and O–H groups in total. The summed E-state index contributed by atoms with van der Waals surface area (Å²) in [7, 11) is 0. The number of carbonyl (C=O) groups excluding carboxylic acids is 3. The number of carboxylic acid groups (broad SMARTS) is 1. The van der Waals surface area contributed by atoms with Gasteiger partial charge in [-0.2, -0.15) is 0 Å². The third-order valence-corrected chi connectivity index (χ3v) is 14.8. The molecule has 6 atom stereocenters. The van der Waals surface area contributed by atoms with E-state index < -0.39 is 67.3 Å². The summed E-state index contributed by atoms with van der Waals surface area (Å²) >= 11 is 0. The van der Waals surface area contributed by atoms with Crippen molar-refractivity contribution in [3.63, 3.8) is 0 Å². The Morgan fingerprint density at radius 3 is 1.21 bits per heavy atom. The van der Waals surface area contributed by atoms with Crippen LogP contribution in [0.2, 0.25) is 0 Å². The van der Waals surface area contributed by atoms with E-state index in [1.54, 1.807) is 0 Å². The van der Waals surface area contributed by atoms with Crippen LogP contribution in [0.3, 0.4) is 0 Å². The van der Waals surface area contributed by atoms with Crippen LogP contribution in [0.4, 0.5) is 0 Å². The molecule has 0 radical (unpaired) electrons. The number of aliphatic hydroxyl groups excluding tert-OH is 2. The van der Waals surface area contributed by atoms with Crippen molar-refractivity contribution in [2.75, 3.05) is 13.2 Å². The maximum Gasteiger partial charge on any atom is 0.335 e. The molecule has 1 rings (SSSR count). The number of rotatable bonds is 56. The number of carboxylic acids is 1. The fraction of sp³-hybridized carbons (Fsp3) is 0.768. The Morgan fingerprint density at radius 2 is 0.778 bits per heavy atom. The lowest BCUT2D eigenvalue weighted by atomic mass is 9.98. The zero-order valence-electron chi connectivity index (χ0n) is 51.5. The number of aliphatic hydroxyl groups is 2. The molecule has 466 valence electrons. The van der Waals surface area contributed by atoms with Crippen LogP contribution in [0.1, 0.15) is 290 Å². The molecule has 0 bridgehead atoms. The number of aliphatic carboxylic acids is 1. The third kappa shape index (κ3) is 46.3. The fourth-order valence-corrected chi connectivity index (χ4v) is 9.74. The molecular weight excluding hydrogens is 1020 g/mol. The van der Waals surface area contributed by atoms with Gasteiger partial charge in [-0.05, 0) is 89.9 Å². The summed E-state index contributed by atoms with van der Waals surface area (Å²) in [5.41, 5.74) is 0. The van der Waals surface area contributed by atoms with E-state index in [0.29, 0.717) is 19.3 Å². The normalized spacial score (nSPS) is 18.2. The van der Waals surface area contributed by atoms with Gasteiger partial charge in [-0.3, -0.25) is 14.4 Å². The van der Waals surface area contributed by atoms with Gasteiger partial charge in [-0.15, -0.1) is 0 Å². The van der Waals surface area contributed by atoms with Gasteiger partial charge in [0.1, 0.15) is 18.8 Å². The molecule has 0 saturated carbocycles. The third-order valence-electron chi connectivity index (χ3n) is 14.8. The molecule has 0 amide bonds. The summed E-state index contributed by atoms with van der Waals surface area (Å²) in [5, 5.41) is 31.6. The largest absolute Gasteiger partial charge is 0.479 e. The van der Waals surface area contributed by atoms with E-state index in [1.807, 2.05) is 0 Å². The molecule has 1 aliphatic rings. The summed E-state index contributed by atoms with van der Waals surface area (Å²) in [4.78, 5) is 51.3. The minimum absolute atomic E-state index is 0.0428. The fourth-order valence-electron chi connectivity index (χ4n) is 9.74. The quantitative estimate of drug-likeness (QED) is 0.0228. The molecule has 12 nitrogen and oxygen atoms in total. The lowest BCUT2D eigenvalue weighted by Crippen LogP contribution is -2.61. The van der Waals surface area contributed by atoms with Crippen LogP contribution >= 0.6 is 0 Å². The molecule has 81 heavy (non-hydrogen) atoms. The predicted molar refractivity (Wildman–Crippen MR) is 331 cm³/mol. The van der Waals surface area contributed by atoms with Gasteiger partial charge in [0.25, 0.3) is 0 Å². The van der Waals surface area contributed by atoms with Crippen molar-refractivity contribution in [2.24, 2.45) is 0 Å². The van der Waals surface area contributed by atoms with E-state index in [9.17, 15) is 34.5 Å². The van der Waals surface area contributed by atoms with Gasteiger partial charge in [0.2, 0.25) is 0 Å². The molecule has 0 aliphatic carbocycles. The number of ether oxygens (including phenoxy) is 5. The molecule has 0 spiro atoms. The Morgan fingerprint density at radius 1 is 0.420 bits per heavy atom. The van der Waals surface area contributed by atoms with Crippen molar-refractivity contribution < 1.29 is 58.2 Å². The van der Waals surface area contributed by atoms with Crippen LogP contribution in [0.5, 0.6) is 0 Å². The maximum absolute atomic E-state index is 13.2. The molecule has 0 aromatic heterocycles. The van der Waals surface area contributed by atoms with Crippen LogP contribution in [0.25, 0.3) is 0 Å². The second kappa shape index (κ2) is 56.6. The smallest absolute Gasteiger partial charge is 0.335 e. The second-order valence-corrected chi connectivity index (χ2v) is 22.4. The number of hydrogen-bond donors (Lipinski definition) is 3. The number of carbonyl (C=O) groups is 4. The first-order valence-electron chi connectivity index (χ1n) is 32.9. The Bertz CT molecular complexity index is 1680. The second-order valence-electron chi connectivity index (χ2n) is 22.4. The standard InChI is InChI=1S/C69H118O12/c1-4-7-10-13-16-19-22-25-28-30-31-33-35-37-40-43-46-49-52-55-61(70)77-58-60(79-62(71)56-53-50-47-44-41-39-36-32-29-26-23-20-17-14-11-8-5-2)59-78-69-67(65(74)64(73)66(81-69)68(75)76)80-63(72)57-54-51-48-45-42-38-34-27-24-21-18-15-12-9-6-3/h7,10,16,18-19,21,25,27-28,31,33-34,60,64-67,69,73-74H,4-6,8-9,11-15,17,20,22-24,26,29-30,32,35-59H2,1-3H3,(H,75,76)/b10-7-,19-16-,21-18-,28-25-,33-31-,34-27-. The van der Waals surface area contributed by atoms with Crippen LogP contribution in [-0.4, -0.2) is 89.2 Å². The molecule has 1 heterocycles. The van der Waals surface area contributed by atoms with E-state index in [0.717, 1.165) is 128 Å². The van der Waals surface area contributed by atoms with E-state index >= 15 is 0 Å². The minimum Gasteiger partial charge on any atom is -0.479 e. The average molecular weight is 1140 g/mol. The van der Waals surface area contributed by atoms with Crippen molar-refractivity contribution in [1.82, 2.24) is 0 Å². The first kappa shape index (κ1) is 75.2. The van der Waals surface area contributed by atoms with Crippen molar-refractivity contribution in [3.8, 4) is 0 Å². The van der Waals surface area contributed by atoms with Gasteiger partial charge in [0.15, 0.2) is 24.6 Å². The summed E-state index contributed by atoms with van der Waals surface area (Å²) in [6.07, 6.45) is 60.0. The summed E-state index contributed by atoms with van der Waals surface area (Å²) < 4.78 is 28.5. The summed E-state index contributed by atoms with van der Waals surface area (Å²) in [6, 6.07) is 0. The van der Waals surface area contributed by atoms with Crippen molar-refractivity contribution in [3.05, 3.63) is 72.9 Å². The van der Waals surface area contributed by atoms with E-state index in [2.05, 4.69) is 93.7 Å². The molecule has 0 aromatic carbocycles. The molecule has 1 aliphatic heterocycles. The highest BCUT2D eigenvalue weighted by molar-refractivity contribution is 5.74. The van der Waals surface area contributed by atoms with Crippen LogP contribution in [0.15, 0.2) is 72.9 Å². The van der Waals surface area contributed by atoms with Crippen LogP contribution in [-0.2, 0) is 42.9 Å². The maximum atomic E-state index is 13.2. The molecule has 0 aromatic rings. The highest BCUT2D eigenvalue weighted by atomic mass is 16.7. The lowest BCUT2D eigenvalue weighted by molar-refractivity contribution is -0.301. The van der Waals surface area contributed by atoms with Crippen molar-refractivity contribution in [1.29, 1.82) is 0 Å². The lowest BCUT2D eigenvalue weighted by Gasteiger charge is -2.40. The van der Waals surface area contributed by atoms with Gasteiger partial charge >= 0.3 is 23.9 Å². The van der Waals surface area contributed by atoms with E-state index in [-0.39, 0.29) is 25.9 Å². The highest BCUT2D eigenvalue weighted by Crippen LogP contribution is 2.27. The molecular formula is C69H118O12. The van der Waals surface area contributed by atoms with E-state index in [1.165, 1.54) is 103 Å².